The van der Waals surface area contributed by atoms with Crippen molar-refractivity contribution in [2.45, 2.75) is 0 Å². The van der Waals surface area contributed by atoms with Crippen LogP contribution in [0.2, 0.25) is 0 Å². The van der Waals surface area contributed by atoms with E-state index >= 15 is 0 Å². The summed E-state index contributed by atoms with van der Waals surface area (Å²) >= 11 is 0. The monoisotopic (exact) mass is 342 g/mol. The van der Waals surface area contributed by atoms with Gasteiger partial charge in [-0.1, -0.05) is 0 Å². The van der Waals surface area contributed by atoms with E-state index in [-0.39, 0.29) is 24.5 Å². The van der Waals surface area contributed by atoms with Gasteiger partial charge in [-0.3, -0.25) is 9.59 Å². The molecule has 1 aromatic rings. The Bertz CT molecular complexity index is 676. The Morgan fingerprint density at radius 2 is 1.62 bits per heavy atom. The number of likely N-dealkylation sites (tertiary alicyclic amines) is 1. The minimum atomic E-state index is -1.17. The number of halogens is 2. The average molecular weight is 342 g/mol. The van der Waals surface area contributed by atoms with Crippen molar-refractivity contribution in [3.8, 4) is 5.75 Å². The van der Waals surface area contributed by atoms with Crippen LogP contribution in [0.15, 0.2) is 12.1 Å². The van der Waals surface area contributed by atoms with Crippen LogP contribution in [0.4, 0.5) is 19.3 Å². The fourth-order valence-electron chi connectivity index (χ4n) is 2.54. The molecule has 0 unspecified atom stereocenters. The zero-order valence-corrected chi connectivity index (χ0v) is 12.7. The fraction of sp³-hybridized carbons (Fsp3) is 0.357. The van der Waals surface area contributed by atoms with Gasteiger partial charge in [0.05, 0.1) is 24.6 Å². The maximum absolute atomic E-state index is 13.3. The van der Waals surface area contributed by atoms with E-state index in [1.165, 1.54) is 7.11 Å². The summed E-state index contributed by atoms with van der Waals surface area (Å²) in [4.78, 5) is 36.1. The minimum absolute atomic E-state index is 0.0839. The van der Waals surface area contributed by atoms with Gasteiger partial charge in [0.2, 0.25) is 11.8 Å². The van der Waals surface area contributed by atoms with Crippen LogP contribution in [0.3, 0.4) is 0 Å². The largest absolute Gasteiger partial charge is 0.494 e. The summed E-state index contributed by atoms with van der Waals surface area (Å²) in [6.45, 7) is -0.221. The molecule has 2 rings (SSSR count). The van der Waals surface area contributed by atoms with Crippen molar-refractivity contribution < 1.29 is 27.9 Å². The lowest BCUT2D eigenvalue weighted by atomic mass is 9.95. The lowest BCUT2D eigenvalue weighted by Crippen LogP contribution is -2.36. The van der Waals surface area contributed by atoms with E-state index < -0.39 is 41.3 Å². The zero-order chi connectivity index (χ0) is 18.0. The number of ether oxygens (including phenoxy) is 1. The highest BCUT2D eigenvalue weighted by Gasteiger charge is 2.41. The molecule has 5 N–H and O–H groups in total. The van der Waals surface area contributed by atoms with E-state index in [2.05, 4.69) is 5.32 Å². The van der Waals surface area contributed by atoms with Crippen molar-refractivity contribution in [2.75, 3.05) is 25.5 Å². The highest BCUT2D eigenvalue weighted by atomic mass is 19.2. The van der Waals surface area contributed by atoms with E-state index in [9.17, 15) is 23.2 Å². The molecule has 1 aliphatic rings. The molecule has 1 heterocycles. The maximum Gasteiger partial charge on any atom is 0.321 e. The molecule has 0 saturated carbocycles. The summed E-state index contributed by atoms with van der Waals surface area (Å²) in [5, 5.41) is 2.34. The number of hydrogen-bond acceptors (Lipinski definition) is 4. The molecule has 0 aliphatic carbocycles. The van der Waals surface area contributed by atoms with Crippen molar-refractivity contribution in [3.05, 3.63) is 23.8 Å². The van der Waals surface area contributed by atoms with Crippen LogP contribution < -0.4 is 21.5 Å². The number of carbonyl (C=O) groups excluding carboxylic acids is 3. The van der Waals surface area contributed by atoms with E-state index in [0.29, 0.717) is 0 Å². The van der Waals surface area contributed by atoms with Gasteiger partial charge in [-0.2, -0.15) is 0 Å². The third-order valence-electron chi connectivity index (χ3n) is 3.82. The summed E-state index contributed by atoms with van der Waals surface area (Å²) in [7, 11) is 1.23. The Hall–Kier alpha value is -2.91. The first-order chi connectivity index (χ1) is 11.2. The summed E-state index contributed by atoms with van der Waals surface area (Å²) < 4.78 is 31.4. The number of urea groups is 1. The van der Waals surface area contributed by atoms with Gasteiger partial charge >= 0.3 is 6.03 Å². The average Bonchev–Trinajstić information content (AvgIpc) is 2.96. The van der Waals surface area contributed by atoms with E-state index in [0.717, 1.165) is 17.0 Å². The number of anilines is 1. The third kappa shape index (κ3) is 3.36. The van der Waals surface area contributed by atoms with Crippen LogP contribution in [0, 0.1) is 23.5 Å². The number of hydrogen-bond donors (Lipinski definition) is 3. The van der Waals surface area contributed by atoms with Crippen molar-refractivity contribution in [1.82, 2.24) is 4.90 Å². The molecule has 1 aliphatic heterocycles. The molecular weight excluding hydrogens is 326 g/mol. The van der Waals surface area contributed by atoms with Crippen molar-refractivity contribution >= 4 is 23.5 Å². The number of nitrogens with one attached hydrogen (secondary N) is 1. The third-order valence-corrected chi connectivity index (χ3v) is 3.82. The molecule has 1 saturated heterocycles. The van der Waals surface area contributed by atoms with Gasteiger partial charge < -0.3 is 26.4 Å². The Balaban J connectivity index is 2.18. The van der Waals surface area contributed by atoms with E-state index in [1.807, 2.05) is 0 Å². The second-order valence-electron chi connectivity index (χ2n) is 5.32. The van der Waals surface area contributed by atoms with Gasteiger partial charge in [0.1, 0.15) is 5.75 Å². The molecule has 0 bridgehead atoms. The van der Waals surface area contributed by atoms with Crippen molar-refractivity contribution in [2.24, 2.45) is 23.3 Å². The first kappa shape index (κ1) is 17.4. The molecule has 4 amide bonds. The van der Waals surface area contributed by atoms with Gasteiger partial charge in [0, 0.05) is 25.2 Å². The van der Waals surface area contributed by atoms with Crippen LogP contribution in [-0.2, 0) is 9.59 Å². The lowest BCUT2D eigenvalue weighted by Gasteiger charge is -2.18. The summed E-state index contributed by atoms with van der Waals surface area (Å²) in [5.41, 5.74) is 10.3. The predicted molar refractivity (Wildman–Crippen MR) is 78.9 cm³/mol. The number of methoxy groups -OCH3 is 1. The number of rotatable bonds is 4. The van der Waals surface area contributed by atoms with Crippen molar-refractivity contribution in [1.29, 1.82) is 0 Å². The van der Waals surface area contributed by atoms with Gasteiger partial charge in [-0.25, -0.2) is 13.6 Å². The summed E-state index contributed by atoms with van der Waals surface area (Å²) in [6.07, 6.45) is 0. The van der Waals surface area contributed by atoms with Gasteiger partial charge in [0.25, 0.3) is 0 Å². The molecule has 0 aromatic heterocycles. The zero-order valence-electron chi connectivity index (χ0n) is 12.7. The molecule has 1 fully saturated rings. The topological polar surface area (TPSA) is 128 Å². The predicted octanol–water partition coefficient (Wildman–Crippen LogP) is 0.0239. The first-order valence-electron chi connectivity index (χ1n) is 6.92. The van der Waals surface area contributed by atoms with E-state index in [1.54, 1.807) is 0 Å². The smallest absolute Gasteiger partial charge is 0.321 e. The maximum atomic E-state index is 13.3. The van der Waals surface area contributed by atoms with Gasteiger partial charge in [-0.15, -0.1) is 0 Å². The Morgan fingerprint density at radius 3 is 2.08 bits per heavy atom. The highest BCUT2D eigenvalue weighted by molar-refractivity contribution is 5.94. The number of nitrogens with two attached hydrogens (primary N) is 2. The lowest BCUT2D eigenvalue weighted by molar-refractivity contribution is -0.129. The number of benzene rings is 1. The highest BCUT2D eigenvalue weighted by Crippen LogP contribution is 2.29. The minimum Gasteiger partial charge on any atom is -0.494 e. The second-order valence-corrected chi connectivity index (χ2v) is 5.32. The second kappa shape index (κ2) is 6.69. The fourth-order valence-corrected chi connectivity index (χ4v) is 2.54. The number of primary amides is 2. The summed E-state index contributed by atoms with van der Waals surface area (Å²) in [6, 6.07) is 0.821. The van der Waals surface area contributed by atoms with E-state index in [4.69, 9.17) is 16.2 Å². The molecule has 10 heteroatoms. The van der Waals surface area contributed by atoms with Crippen LogP contribution in [0.1, 0.15) is 0 Å². The van der Waals surface area contributed by atoms with Crippen LogP contribution in [0.5, 0.6) is 5.75 Å². The van der Waals surface area contributed by atoms with Gasteiger partial charge in [-0.05, 0) is 0 Å². The Morgan fingerprint density at radius 1 is 1.12 bits per heavy atom. The van der Waals surface area contributed by atoms with Crippen LogP contribution in [-0.4, -0.2) is 42.9 Å². The van der Waals surface area contributed by atoms with Gasteiger partial charge in [0.15, 0.2) is 11.6 Å². The Labute approximate surface area is 135 Å². The molecule has 1 aromatic carbocycles. The Kier molecular flexibility index (Phi) is 4.86. The normalized spacial score (nSPS) is 19.9. The molecule has 0 radical (unpaired) electrons. The molecule has 2 atom stereocenters. The van der Waals surface area contributed by atoms with Crippen molar-refractivity contribution in [3.63, 3.8) is 0 Å². The van der Waals surface area contributed by atoms with Crippen LogP contribution >= 0.6 is 0 Å². The summed E-state index contributed by atoms with van der Waals surface area (Å²) in [5.74, 6) is -5.69. The molecule has 8 nitrogen and oxygen atoms in total. The first-order valence-corrected chi connectivity index (χ1v) is 6.92. The quantitative estimate of drug-likeness (QED) is 0.713. The molecule has 0 spiro atoms. The number of amides is 4. The molecule has 130 valence electrons. The number of carbonyl (C=O) groups is 3. The number of nitrogens with zero attached hydrogens (tertiary/aromatic N) is 1. The SMILES string of the molecule is COc1cc(F)c(F)cc1NC(=O)N1C[C@@H](C(N)=O)[C@H](C(N)=O)C1. The molecular formula is C14H16F2N4O4. The standard InChI is InChI=1S/C14H16F2N4O4/c1-24-11-3-9(16)8(15)2-10(11)19-14(23)20-4-6(12(17)21)7(5-20)13(18)22/h2-3,6-7H,4-5H2,1H3,(H2,17,21)(H2,18,22)(H,19,23)/t6-,7-/m1/s1. The van der Waals surface area contributed by atoms with Crippen LogP contribution in [0.25, 0.3) is 0 Å². The molecule has 24 heavy (non-hydrogen) atoms.